The summed E-state index contributed by atoms with van der Waals surface area (Å²) in [5.74, 6) is 0. The Hall–Kier alpha value is -1.62. The molecule has 2 heterocycles. The van der Waals surface area contributed by atoms with Gasteiger partial charge < -0.3 is 25.5 Å². The fourth-order valence-corrected chi connectivity index (χ4v) is 5.01. The molecular formula is C23H39N5O3S. The molecule has 1 aromatic heterocycles. The second-order valence-corrected chi connectivity index (χ2v) is 9.14. The lowest BCUT2D eigenvalue weighted by Crippen LogP contribution is -2.60. The van der Waals surface area contributed by atoms with Gasteiger partial charge in [-0.15, -0.1) is 6.58 Å². The molecule has 0 bridgehead atoms. The molecule has 0 spiro atoms. The number of aliphatic hydroxyl groups is 3. The van der Waals surface area contributed by atoms with Gasteiger partial charge in [-0.3, -0.25) is 10.3 Å². The minimum absolute atomic E-state index is 0.0632. The van der Waals surface area contributed by atoms with Gasteiger partial charge in [-0.1, -0.05) is 31.3 Å². The first-order valence-corrected chi connectivity index (χ1v) is 12.1. The molecule has 1 aromatic rings. The molecule has 2 rings (SSSR count). The number of thiazole rings is 1. The van der Waals surface area contributed by atoms with E-state index in [0.29, 0.717) is 22.8 Å². The number of hydrogen-bond donors (Lipinski definition) is 5. The average molecular weight is 466 g/mol. The third-order valence-corrected chi connectivity index (χ3v) is 7.21. The summed E-state index contributed by atoms with van der Waals surface area (Å²) in [6.07, 6.45) is 2.92. The maximum atomic E-state index is 10.8. The fourth-order valence-electron chi connectivity index (χ4n) is 4.03. The summed E-state index contributed by atoms with van der Waals surface area (Å²) >= 11 is 1.31. The van der Waals surface area contributed by atoms with Crippen molar-refractivity contribution in [2.24, 2.45) is 4.99 Å². The zero-order valence-corrected chi connectivity index (χ0v) is 20.7. The minimum atomic E-state index is -1.50. The van der Waals surface area contributed by atoms with Gasteiger partial charge in [0.1, 0.15) is 6.23 Å². The number of piperidine rings is 1. The van der Waals surface area contributed by atoms with Crippen LogP contribution >= 0.6 is 11.3 Å². The topological polar surface area (TPSA) is 113 Å². The van der Waals surface area contributed by atoms with Gasteiger partial charge in [-0.2, -0.15) is 0 Å². The Labute approximate surface area is 195 Å². The first kappa shape index (κ1) is 26.6. The van der Waals surface area contributed by atoms with E-state index in [-0.39, 0.29) is 12.1 Å². The summed E-state index contributed by atoms with van der Waals surface area (Å²) in [5.41, 5.74) is 3.57. The number of hydrogen-bond acceptors (Lipinski definition) is 9. The minimum Gasteiger partial charge on any atom is -0.373 e. The second kappa shape index (κ2) is 12.6. The molecule has 3 atom stereocenters. The second-order valence-electron chi connectivity index (χ2n) is 8.13. The van der Waals surface area contributed by atoms with Crippen LogP contribution in [-0.4, -0.2) is 64.5 Å². The average Bonchev–Trinajstić information content (AvgIpc) is 3.17. The van der Waals surface area contributed by atoms with Gasteiger partial charge in [0.2, 0.25) is 0 Å². The summed E-state index contributed by atoms with van der Waals surface area (Å²) in [4.78, 5) is 11.9. The molecule has 0 saturated carbocycles. The number of nitrogens with one attached hydrogen (secondary N) is 2. The molecule has 0 radical (unpaired) electrons. The van der Waals surface area contributed by atoms with E-state index >= 15 is 0 Å². The number of nitrogens with zero attached hydrogens (tertiary/aromatic N) is 3. The summed E-state index contributed by atoms with van der Waals surface area (Å²) in [5, 5.41) is 37.3. The molecule has 1 unspecified atom stereocenters. The van der Waals surface area contributed by atoms with E-state index in [1.54, 1.807) is 6.92 Å². The van der Waals surface area contributed by atoms with Crippen molar-refractivity contribution in [2.75, 3.05) is 25.0 Å². The maximum absolute atomic E-state index is 10.8. The van der Waals surface area contributed by atoms with Crippen LogP contribution in [0.2, 0.25) is 0 Å². The summed E-state index contributed by atoms with van der Waals surface area (Å²) in [6.45, 7) is 13.1. The summed E-state index contributed by atoms with van der Waals surface area (Å²) in [6, 6.07) is 0.152. The van der Waals surface area contributed by atoms with Crippen molar-refractivity contribution in [3.05, 3.63) is 34.5 Å². The van der Waals surface area contributed by atoms with Crippen LogP contribution in [0.4, 0.5) is 5.13 Å². The molecule has 8 nitrogen and oxygen atoms in total. The number of aliphatic imine (C=N–C) groups is 1. The quantitative estimate of drug-likeness (QED) is 0.194. The van der Waals surface area contributed by atoms with Gasteiger partial charge in [0.15, 0.2) is 11.4 Å². The maximum Gasteiger partial charge on any atom is 0.189 e. The zero-order valence-electron chi connectivity index (χ0n) is 19.9. The number of anilines is 1. The third-order valence-electron chi connectivity index (χ3n) is 5.95. The highest BCUT2D eigenvalue weighted by molar-refractivity contribution is 7.15. The molecule has 1 aliphatic heterocycles. The molecule has 0 aliphatic carbocycles. The van der Waals surface area contributed by atoms with E-state index in [1.165, 1.54) is 16.9 Å². The van der Waals surface area contributed by atoms with Gasteiger partial charge in [-0.25, -0.2) is 4.98 Å². The molecular weight excluding hydrogens is 426 g/mol. The molecule has 32 heavy (non-hydrogen) atoms. The van der Waals surface area contributed by atoms with Crippen LogP contribution in [0.1, 0.15) is 63.3 Å². The Balaban J connectivity index is 2.08. The van der Waals surface area contributed by atoms with Gasteiger partial charge in [0, 0.05) is 30.9 Å². The van der Waals surface area contributed by atoms with Crippen LogP contribution in [0.15, 0.2) is 28.9 Å². The van der Waals surface area contributed by atoms with Crippen LogP contribution in [0.25, 0.3) is 0 Å². The van der Waals surface area contributed by atoms with Crippen LogP contribution in [0.3, 0.4) is 0 Å². The van der Waals surface area contributed by atoms with E-state index in [1.807, 2.05) is 20.0 Å². The van der Waals surface area contributed by atoms with Gasteiger partial charge in [-0.05, 0) is 52.2 Å². The highest BCUT2D eigenvalue weighted by Crippen LogP contribution is 2.31. The number of aliphatic hydroxyl groups excluding tert-OH is 2. The Kier molecular flexibility index (Phi) is 10.5. The highest BCUT2D eigenvalue weighted by atomic mass is 32.1. The number of aryl methyl sites for hydroxylation is 1. The van der Waals surface area contributed by atoms with Crippen molar-refractivity contribution >= 4 is 22.2 Å². The van der Waals surface area contributed by atoms with E-state index in [2.05, 4.69) is 40.9 Å². The van der Waals surface area contributed by atoms with Crippen molar-refractivity contribution in [2.45, 2.75) is 78.0 Å². The molecule has 0 amide bonds. The van der Waals surface area contributed by atoms with Crippen molar-refractivity contribution in [1.29, 1.82) is 0 Å². The molecule has 1 aliphatic rings. The monoisotopic (exact) mass is 465 g/mol. The SMILES string of the molecule is C=CC/C(CC)=C(/CC)N=C(C)C(O)N[C@@H]1CCN(c2nc(C)c(C(O)O)s2)C[C@@H]1NC. The van der Waals surface area contributed by atoms with E-state index < -0.39 is 12.5 Å². The van der Waals surface area contributed by atoms with Gasteiger partial charge >= 0.3 is 0 Å². The third kappa shape index (κ3) is 6.69. The molecule has 180 valence electrons. The molecule has 5 N–H and O–H groups in total. The van der Waals surface area contributed by atoms with Crippen LogP contribution in [0.5, 0.6) is 0 Å². The van der Waals surface area contributed by atoms with Gasteiger partial charge in [0.05, 0.1) is 16.3 Å². The zero-order chi connectivity index (χ0) is 23.8. The van der Waals surface area contributed by atoms with E-state index in [4.69, 9.17) is 4.99 Å². The Morgan fingerprint density at radius 3 is 2.56 bits per heavy atom. The Morgan fingerprint density at radius 2 is 2.03 bits per heavy atom. The number of aromatic nitrogens is 1. The standard InChI is InChI=1S/C23H39N5O3S/c1-7-10-16(8-2)17(9-3)25-15(5)21(29)27-18-11-12-28(13-19(18)24-6)23-26-14(4)20(32-23)22(30)31/h7,18-19,21-22,24,27,29-31H,1,8-13H2,2-6H3/b17-16-,25-15?/t18-,19+,21?/m1/s1. The van der Waals surface area contributed by atoms with E-state index in [0.717, 1.165) is 43.1 Å². The van der Waals surface area contributed by atoms with Crippen molar-refractivity contribution < 1.29 is 15.3 Å². The highest BCUT2D eigenvalue weighted by Gasteiger charge is 2.31. The van der Waals surface area contributed by atoms with Crippen molar-refractivity contribution in [3.63, 3.8) is 0 Å². The Morgan fingerprint density at radius 1 is 1.31 bits per heavy atom. The number of allylic oxidation sites excluding steroid dienone is 3. The smallest absolute Gasteiger partial charge is 0.189 e. The molecule has 1 fully saturated rings. The summed E-state index contributed by atoms with van der Waals surface area (Å²) < 4.78 is 0. The molecule has 0 aromatic carbocycles. The lowest BCUT2D eigenvalue weighted by Gasteiger charge is -2.39. The lowest BCUT2D eigenvalue weighted by atomic mass is 9.99. The Bertz CT molecular complexity index is 821. The predicted octanol–water partition coefficient (Wildman–Crippen LogP) is 2.62. The lowest BCUT2D eigenvalue weighted by molar-refractivity contribution is -0.0401. The normalized spacial score (nSPS) is 21.7. The largest absolute Gasteiger partial charge is 0.373 e. The molecule has 9 heteroatoms. The van der Waals surface area contributed by atoms with Crippen LogP contribution in [-0.2, 0) is 0 Å². The first-order chi connectivity index (χ1) is 15.2. The van der Waals surface area contributed by atoms with E-state index in [9.17, 15) is 15.3 Å². The van der Waals surface area contributed by atoms with Crippen molar-refractivity contribution in [3.8, 4) is 0 Å². The number of likely N-dealkylation sites (N-methyl/N-ethyl adjacent to an activating group) is 1. The molecule has 1 saturated heterocycles. The van der Waals surface area contributed by atoms with Gasteiger partial charge in [0.25, 0.3) is 0 Å². The first-order valence-electron chi connectivity index (χ1n) is 11.3. The fraction of sp³-hybridized carbons (Fsp3) is 0.652. The number of rotatable bonds is 11. The van der Waals surface area contributed by atoms with Crippen LogP contribution in [0, 0.1) is 6.92 Å². The predicted molar refractivity (Wildman–Crippen MR) is 132 cm³/mol. The van der Waals surface area contributed by atoms with Crippen molar-refractivity contribution in [1.82, 2.24) is 15.6 Å². The summed E-state index contributed by atoms with van der Waals surface area (Å²) in [7, 11) is 1.91. The van der Waals surface area contributed by atoms with Crippen LogP contribution < -0.4 is 15.5 Å².